The molecule has 0 saturated heterocycles. The Morgan fingerprint density at radius 1 is 0.944 bits per heavy atom. The van der Waals surface area contributed by atoms with Gasteiger partial charge in [0.1, 0.15) is 0 Å². The number of para-hydroxylation sites is 2. The van der Waals surface area contributed by atoms with Gasteiger partial charge in [0.05, 0.1) is 24.1 Å². The Balaban J connectivity index is 2.41. The van der Waals surface area contributed by atoms with Crippen molar-refractivity contribution in [3.63, 3.8) is 0 Å². The fourth-order valence-electron chi connectivity index (χ4n) is 2.40. The molecule has 0 fully saturated rings. The Morgan fingerprint density at radius 3 is 1.94 bits per heavy atom. The fourth-order valence-corrected chi connectivity index (χ4v) is 2.40. The molecule has 0 amide bonds. The molecule has 1 aromatic heterocycles. The van der Waals surface area contributed by atoms with E-state index in [0.717, 1.165) is 21.8 Å². The van der Waals surface area contributed by atoms with Crippen molar-refractivity contribution in [2.75, 3.05) is 6.61 Å². The normalized spacial score (nSPS) is 11.2. The summed E-state index contributed by atoms with van der Waals surface area (Å²) < 4.78 is 1.70. The van der Waals surface area contributed by atoms with Gasteiger partial charge in [0.25, 0.3) is 0 Å². The number of aliphatic hydroxyl groups excluding tert-OH is 1. The Labute approximate surface area is 104 Å². The molecule has 0 aliphatic heterocycles. The monoisotopic (exact) mass is 239 g/mol. The first-order valence-electron chi connectivity index (χ1n) is 5.95. The molecule has 1 heterocycles. The van der Waals surface area contributed by atoms with Crippen LogP contribution in [0.2, 0.25) is 0 Å². The smallest absolute Gasteiger partial charge is 0.233 e. The van der Waals surface area contributed by atoms with Crippen LogP contribution in [0.4, 0.5) is 0 Å². The van der Waals surface area contributed by atoms with E-state index in [1.165, 1.54) is 0 Å². The number of aromatic nitrogens is 1. The molecule has 0 bridgehead atoms. The van der Waals surface area contributed by atoms with Gasteiger partial charge in [-0.05, 0) is 12.1 Å². The lowest BCUT2D eigenvalue weighted by molar-refractivity contribution is 0.0886. The number of hydrogen-bond acceptors (Lipinski definition) is 2. The van der Waals surface area contributed by atoms with Gasteiger partial charge >= 0.3 is 0 Å². The van der Waals surface area contributed by atoms with Gasteiger partial charge in [-0.2, -0.15) is 0 Å². The molecule has 0 atom stereocenters. The highest BCUT2D eigenvalue weighted by Crippen LogP contribution is 2.28. The molecule has 0 spiro atoms. The molecule has 18 heavy (non-hydrogen) atoms. The number of carbonyl (C=O) groups is 1. The largest absolute Gasteiger partial charge is 0.396 e. The minimum atomic E-state index is -0.125. The minimum absolute atomic E-state index is 0.0742. The lowest BCUT2D eigenvalue weighted by Gasteiger charge is -2.04. The standard InChI is InChI=1S/C15H13NO2/c17-10-9-15(18)16-13-7-3-1-5-11(13)12-6-2-4-8-14(12)16/h1-8,17H,9-10H2. The zero-order valence-electron chi connectivity index (χ0n) is 9.84. The van der Waals surface area contributed by atoms with Gasteiger partial charge in [-0.25, -0.2) is 0 Å². The highest BCUT2D eigenvalue weighted by molar-refractivity contribution is 6.13. The van der Waals surface area contributed by atoms with E-state index in [1.54, 1.807) is 4.57 Å². The summed E-state index contributed by atoms with van der Waals surface area (Å²) in [5, 5.41) is 11.1. The second-order valence-electron chi connectivity index (χ2n) is 4.24. The third-order valence-electron chi connectivity index (χ3n) is 3.16. The van der Waals surface area contributed by atoms with Gasteiger partial charge in [-0.3, -0.25) is 9.36 Å². The average Bonchev–Trinajstić information content (AvgIpc) is 2.73. The fraction of sp³-hybridized carbons (Fsp3) is 0.133. The average molecular weight is 239 g/mol. The summed E-state index contributed by atoms with van der Waals surface area (Å²) >= 11 is 0. The van der Waals surface area contributed by atoms with Crippen molar-refractivity contribution >= 4 is 27.7 Å². The van der Waals surface area contributed by atoms with Gasteiger partial charge in [0, 0.05) is 10.8 Å². The van der Waals surface area contributed by atoms with E-state index in [0.29, 0.717) is 0 Å². The Hall–Kier alpha value is -2.13. The number of benzene rings is 2. The minimum Gasteiger partial charge on any atom is -0.396 e. The van der Waals surface area contributed by atoms with Crippen LogP contribution in [0.3, 0.4) is 0 Å². The summed E-state index contributed by atoms with van der Waals surface area (Å²) in [7, 11) is 0. The van der Waals surface area contributed by atoms with Crippen LogP contribution < -0.4 is 0 Å². The van der Waals surface area contributed by atoms with E-state index in [2.05, 4.69) is 0 Å². The number of carbonyl (C=O) groups excluding carboxylic acids is 1. The molecule has 3 heteroatoms. The van der Waals surface area contributed by atoms with Crippen molar-refractivity contribution in [3.8, 4) is 0 Å². The molecule has 3 nitrogen and oxygen atoms in total. The predicted molar refractivity (Wildman–Crippen MR) is 71.8 cm³/mol. The number of hydrogen-bond donors (Lipinski definition) is 1. The maximum Gasteiger partial charge on any atom is 0.233 e. The van der Waals surface area contributed by atoms with Crippen LogP contribution in [-0.4, -0.2) is 22.2 Å². The summed E-state index contributed by atoms with van der Waals surface area (Å²) in [5.74, 6) is -0.0742. The lowest BCUT2D eigenvalue weighted by Crippen LogP contribution is -2.11. The molecule has 2 aromatic carbocycles. The van der Waals surface area contributed by atoms with Crippen molar-refractivity contribution < 1.29 is 9.90 Å². The summed E-state index contributed by atoms with van der Waals surface area (Å²) in [6.45, 7) is -0.125. The Kier molecular flexibility index (Phi) is 2.61. The molecule has 0 radical (unpaired) electrons. The lowest BCUT2D eigenvalue weighted by atomic mass is 10.2. The topological polar surface area (TPSA) is 42.2 Å². The summed E-state index contributed by atoms with van der Waals surface area (Å²) in [6.07, 6.45) is 0.142. The number of fused-ring (bicyclic) bond motifs is 3. The highest BCUT2D eigenvalue weighted by atomic mass is 16.3. The molecule has 3 aromatic rings. The number of nitrogens with zero attached hydrogens (tertiary/aromatic N) is 1. The van der Waals surface area contributed by atoms with Crippen LogP contribution in [-0.2, 0) is 0 Å². The first kappa shape index (κ1) is 11.0. The molecule has 0 saturated carbocycles. The second-order valence-corrected chi connectivity index (χ2v) is 4.24. The van der Waals surface area contributed by atoms with E-state index < -0.39 is 0 Å². The van der Waals surface area contributed by atoms with Crippen LogP contribution in [0.5, 0.6) is 0 Å². The molecular formula is C15H13NO2. The highest BCUT2D eigenvalue weighted by Gasteiger charge is 2.14. The van der Waals surface area contributed by atoms with E-state index in [9.17, 15) is 4.79 Å². The SMILES string of the molecule is O=C(CCO)n1c2ccccc2c2ccccc21. The maximum absolute atomic E-state index is 12.1. The molecule has 0 aliphatic rings. The van der Waals surface area contributed by atoms with Crippen molar-refractivity contribution in [1.29, 1.82) is 0 Å². The summed E-state index contributed by atoms with van der Waals surface area (Å²) in [4.78, 5) is 12.1. The van der Waals surface area contributed by atoms with E-state index in [4.69, 9.17) is 5.11 Å². The number of aliphatic hydroxyl groups is 1. The quantitative estimate of drug-likeness (QED) is 0.747. The van der Waals surface area contributed by atoms with E-state index in [-0.39, 0.29) is 18.9 Å². The second kappa shape index (κ2) is 4.27. The van der Waals surface area contributed by atoms with E-state index in [1.807, 2.05) is 48.5 Å². The Bertz CT molecular complexity index is 674. The van der Waals surface area contributed by atoms with Crippen molar-refractivity contribution in [1.82, 2.24) is 4.57 Å². The van der Waals surface area contributed by atoms with Crippen molar-refractivity contribution in [3.05, 3.63) is 48.5 Å². The van der Waals surface area contributed by atoms with Gasteiger partial charge < -0.3 is 5.11 Å². The van der Waals surface area contributed by atoms with Gasteiger partial charge in [0.2, 0.25) is 5.91 Å². The van der Waals surface area contributed by atoms with Crippen LogP contribution >= 0.6 is 0 Å². The molecule has 0 unspecified atom stereocenters. The van der Waals surface area contributed by atoms with Gasteiger partial charge in [0.15, 0.2) is 0 Å². The molecular weight excluding hydrogens is 226 g/mol. The van der Waals surface area contributed by atoms with Gasteiger partial charge in [-0.15, -0.1) is 0 Å². The summed E-state index contributed by atoms with van der Waals surface area (Å²) in [6, 6.07) is 15.7. The number of rotatable bonds is 2. The zero-order chi connectivity index (χ0) is 12.5. The maximum atomic E-state index is 12.1. The van der Waals surface area contributed by atoms with Gasteiger partial charge in [-0.1, -0.05) is 36.4 Å². The third-order valence-corrected chi connectivity index (χ3v) is 3.16. The van der Waals surface area contributed by atoms with Crippen molar-refractivity contribution in [2.45, 2.75) is 6.42 Å². The molecule has 3 rings (SSSR count). The third kappa shape index (κ3) is 1.52. The Morgan fingerprint density at radius 2 is 1.44 bits per heavy atom. The molecule has 0 aliphatic carbocycles. The first-order chi connectivity index (χ1) is 8.83. The summed E-state index contributed by atoms with van der Waals surface area (Å²) in [5.41, 5.74) is 1.80. The van der Waals surface area contributed by atoms with Crippen LogP contribution in [0.25, 0.3) is 21.8 Å². The molecule has 1 N–H and O–H groups in total. The molecule has 90 valence electrons. The van der Waals surface area contributed by atoms with Crippen LogP contribution in [0.15, 0.2) is 48.5 Å². The van der Waals surface area contributed by atoms with Crippen LogP contribution in [0, 0.1) is 0 Å². The predicted octanol–water partition coefficient (Wildman–Crippen LogP) is 2.82. The zero-order valence-corrected chi connectivity index (χ0v) is 9.84. The first-order valence-corrected chi connectivity index (χ1v) is 5.95. The van der Waals surface area contributed by atoms with E-state index >= 15 is 0 Å². The van der Waals surface area contributed by atoms with Crippen molar-refractivity contribution in [2.24, 2.45) is 0 Å². The van der Waals surface area contributed by atoms with Crippen LogP contribution in [0.1, 0.15) is 11.2 Å².